The van der Waals surface area contributed by atoms with Gasteiger partial charge in [-0.15, -0.1) is 0 Å². The van der Waals surface area contributed by atoms with Crippen LogP contribution in [0.3, 0.4) is 0 Å². The van der Waals surface area contributed by atoms with Crippen LogP contribution in [0, 0.1) is 0 Å². The summed E-state index contributed by atoms with van der Waals surface area (Å²) in [5.74, 6) is 0.509. The lowest BCUT2D eigenvalue weighted by Crippen LogP contribution is -2.33. The quantitative estimate of drug-likeness (QED) is 0.602. The summed E-state index contributed by atoms with van der Waals surface area (Å²) in [4.78, 5) is 4.11. The van der Waals surface area contributed by atoms with Gasteiger partial charge in [0, 0.05) is 6.54 Å². The Morgan fingerprint density at radius 3 is 2.44 bits per heavy atom. The van der Waals surface area contributed by atoms with Crippen molar-refractivity contribution in [3.8, 4) is 0 Å². The van der Waals surface area contributed by atoms with E-state index in [0.717, 1.165) is 6.42 Å². The topological polar surface area (TPSA) is 50.4 Å². The number of nitrogens with zero attached hydrogens (tertiary/aromatic N) is 1. The number of aliphatic imine (C=N–C) groups is 1. The van der Waals surface area contributed by atoms with E-state index in [1.165, 1.54) is 11.1 Å². The minimum atomic E-state index is 0.196. The molecule has 0 saturated heterocycles. The zero-order chi connectivity index (χ0) is 12.0. The lowest BCUT2D eigenvalue weighted by atomic mass is 10.1. The first kappa shape index (κ1) is 12.6. The third kappa shape index (κ3) is 3.57. The van der Waals surface area contributed by atoms with Gasteiger partial charge in [0.15, 0.2) is 5.96 Å². The van der Waals surface area contributed by atoms with Gasteiger partial charge in [0.2, 0.25) is 0 Å². The summed E-state index contributed by atoms with van der Waals surface area (Å²) in [5.41, 5.74) is 8.30. The summed E-state index contributed by atoms with van der Waals surface area (Å²) < 4.78 is 0. The lowest BCUT2D eigenvalue weighted by Gasteiger charge is -2.15. The zero-order valence-corrected chi connectivity index (χ0v) is 10.3. The van der Waals surface area contributed by atoms with Gasteiger partial charge in [-0.2, -0.15) is 0 Å². The number of nitrogens with one attached hydrogen (secondary N) is 1. The average Bonchev–Trinajstić information content (AvgIpc) is 2.29. The maximum atomic E-state index is 5.72. The molecule has 3 heteroatoms. The van der Waals surface area contributed by atoms with Crippen molar-refractivity contribution >= 4 is 5.96 Å². The number of benzene rings is 1. The molecule has 0 saturated carbocycles. The second-order valence-corrected chi connectivity index (χ2v) is 3.82. The van der Waals surface area contributed by atoms with Crippen molar-refractivity contribution in [1.82, 2.24) is 5.32 Å². The summed E-state index contributed by atoms with van der Waals surface area (Å²) in [7, 11) is 0. The first-order chi connectivity index (χ1) is 7.67. The van der Waals surface area contributed by atoms with Crippen molar-refractivity contribution in [3.05, 3.63) is 35.4 Å². The van der Waals surface area contributed by atoms with Gasteiger partial charge >= 0.3 is 0 Å². The van der Waals surface area contributed by atoms with Crippen LogP contribution in [0.2, 0.25) is 0 Å². The molecule has 0 aliphatic heterocycles. The normalized spacial score (nSPS) is 13.6. The molecule has 1 aromatic carbocycles. The SMILES string of the molecule is CCN=C(N)NC(C)c1ccc(CC)cc1. The molecule has 1 unspecified atom stereocenters. The molecular weight excluding hydrogens is 198 g/mol. The second-order valence-electron chi connectivity index (χ2n) is 3.82. The Morgan fingerprint density at radius 2 is 1.94 bits per heavy atom. The first-order valence-electron chi connectivity index (χ1n) is 5.82. The highest BCUT2D eigenvalue weighted by Crippen LogP contribution is 2.13. The van der Waals surface area contributed by atoms with Crippen LogP contribution in [0.15, 0.2) is 29.3 Å². The highest BCUT2D eigenvalue weighted by molar-refractivity contribution is 5.78. The highest BCUT2D eigenvalue weighted by atomic mass is 15.1. The minimum absolute atomic E-state index is 0.196. The molecule has 16 heavy (non-hydrogen) atoms. The molecule has 3 nitrogen and oxygen atoms in total. The van der Waals surface area contributed by atoms with Crippen molar-refractivity contribution in [1.29, 1.82) is 0 Å². The average molecular weight is 219 g/mol. The molecule has 0 aliphatic carbocycles. The molecule has 0 aliphatic rings. The molecule has 0 aromatic heterocycles. The number of rotatable bonds is 4. The van der Waals surface area contributed by atoms with Crippen molar-refractivity contribution in [2.75, 3.05) is 6.54 Å². The number of guanidine groups is 1. The van der Waals surface area contributed by atoms with Gasteiger partial charge in [0.25, 0.3) is 0 Å². The van der Waals surface area contributed by atoms with Crippen LogP contribution < -0.4 is 11.1 Å². The molecule has 0 spiro atoms. The Kier molecular flexibility index (Phi) is 4.83. The van der Waals surface area contributed by atoms with Gasteiger partial charge in [-0.25, -0.2) is 0 Å². The number of nitrogens with two attached hydrogens (primary N) is 1. The minimum Gasteiger partial charge on any atom is -0.370 e. The number of hydrogen-bond acceptors (Lipinski definition) is 1. The van der Waals surface area contributed by atoms with Gasteiger partial charge in [0.1, 0.15) is 0 Å². The molecule has 1 atom stereocenters. The summed E-state index contributed by atoms with van der Waals surface area (Å²) in [6, 6.07) is 8.77. The fraction of sp³-hybridized carbons (Fsp3) is 0.462. The maximum Gasteiger partial charge on any atom is 0.189 e. The van der Waals surface area contributed by atoms with Gasteiger partial charge < -0.3 is 11.1 Å². The van der Waals surface area contributed by atoms with Crippen LogP contribution in [0.5, 0.6) is 0 Å². The van der Waals surface area contributed by atoms with Crippen LogP contribution in [0.4, 0.5) is 0 Å². The third-order valence-electron chi connectivity index (χ3n) is 2.58. The van der Waals surface area contributed by atoms with Gasteiger partial charge in [0.05, 0.1) is 6.04 Å². The highest BCUT2D eigenvalue weighted by Gasteiger charge is 2.05. The van der Waals surface area contributed by atoms with Crippen molar-refractivity contribution < 1.29 is 0 Å². The fourth-order valence-electron chi connectivity index (χ4n) is 1.56. The standard InChI is InChI=1S/C13H21N3/c1-4-11-6-8-12(9-7-11)10(3)16-13(14)15-5-2/h6-10H,4-5H2,1-3H3,(H3,14,15,16). The van der Waals surface area contributed by atoms with Gasteiger partial charge in [-0.05, 0) is 31.4 Å². The van der Waals surface area contributed by atoms with Crippen LogP contribution in [0.25, 0.3) is 0 Å². The molecule has 0 radical (unpaired) electrons. The smallest absolute Gasteiger partial charge is 0.189 e. The molecule has 88 valence electrons. The second kappa shape index (κ2) is 6.16. The van der Waals surface area contributed by atoms with E-state index in [-0.39, 0.29) is 6.04 Å². The summed E-state index contributed by atoms with van der Waals surface area (Å²) in [6.07, 6.45) is 1.07. The van der Waals surface area contributed by atoms with Gasteiger partial charge in [-0.3, -0.25) is 4.99 Å². The molecule has 1 rings (SSSR count). The Hall–Kier alpha value is -1.51. The Bertz CT molecular complexity index is 341. The summed E-state index contributed by atoms with van der Waals surface area (Å²) >= 11 is 0. The van der Waals surface area contributed by atoms with E-state index in [2.05, 4.69) is 48.4 Å². The molecule has 0 heterocycles. The van der Waals surface area contributed by atoms with Crippen molar-refractivity contribution in [3.63, 3.8) is 0 Å². The fourth-order valence-corrected chi connectivity index (χ4v) is 1.56. The molecule has 0 bridgehead atoms. The molecule has 3 N–H and O–H groups in total. The van der Waals surface area contributed by atoms with E-state index in [4.69, 9.17) is 5.73 Å². The van der Waals surface area contributed by atoms with E-state index < -0.39 is 0 Å². The van der Waals surface area contributed by atoms with E-state index in [1.54, 1.807) is 0 Å². The maximum absolute atomic E-state index is 5.72. The lowest BCUT2D eigenvalue weighted by molar-refractivity contribution is 0.708. The largest absolute Gasteiger partial charge is 0.370 e. The Labute approximate surface area is 97.8 Å². The number of hydrogen-bond donors (Lipinski definition) is 2. The van der Waals surface area contributed by atoms with E-state index >= 15 is 0 Å². The van der Waals surface area contributed by atoms with Crippen molar-refractivity contribution in [2.45, 2.75) is 33.2 Å². The van der Waals surface area contributed by atoms with E-state index in [0.29, 0.717) is 12.5 Å². The zero-order valence-electron chi connectivity index (χ0n) is 10.3. The van der Waals surface area contributed by atoms with Gasteiger partial charge in [-0.1, -0.05) is 31.2 Å². The van der Waals surface area contributed by atoms with Crippen LogP contribution >= 0.6 is 0 Å². The first-order valence-corrected chi connectivity index (χ1v) is 5.82. The summed E-state index contributed by atoms with van der Waals surface area (Å²) in [5, 5.41) is 3.16. The molecule has 1 aromatic rings. The Morgan fingerprint density at radius 1 is 1.31 bits per heavy atom. The number of aryl methyl sites for hydroxylation is 1. The van der Waals surface area contributed by atoms with E-state index in [9.17, 15) is 0 Å². The van der Waals surface area contributed by atoms with Crippen molar-refractivity contribution in [2.24, 2.45) is 10.7 Å². The van der Waals surface area contributed by atoms with Crippen LogP contribution in [-0.2, 0) is 6.42 Å². The third-order valence-corrected chi connectivity index (χ3v) is 2.58. The monoisotopic (exact) mass is 219 g/mol. The predicted molar refractivity (Wildman–Crippen MR) is 69.5 cm³/mol. The summed E-state index contributed by atoms with van der Waals surface area (Å²) in [6.45, 7) is 6.91. The predicted octanol–water partition coefficient (Wildman–Crippen LogP) is 2.23. The van der Waals surface area contributed by atoms with E-state index in [1.807, 2.05) is 6.92 Å². The molecule has 0 amide bonds. The Balaban J connectivity index is 2.65. The van der Waals surface area contributed by atoms with Crippen LogP contribution in [0.1, 0.15) is 37.9 Å². The molecular formula is C13H21N3. The van der Waals surface area contributed by atoms with Crippen LogP contribution in [-0.4, -0.2) is 12.5 Å². The molecule has 0 fully saturated rings.